The molecular weight excluding hydrogens is 214 g/mol. The fourth-order valence-corrected chi connectivity index (χ4v) is 1.31. The molecule has 0 aliphatic heterocycles. The second kappa shape index (κ2) is 6.20. The number of ether oxygens (including phenoxy) is 1. The fourth-order valence-electron chi connectivity index (χ4n) is 1.31. The lowest BCUT2D eigenvalue weighted by Crippen LogP contribution is -2.02. The minimum Gasteiger partial charge on any atom is -0.488 e. The van der Waals surface area contributed by atoms with Crippen molar-refractivity contribution in [3.05, 3.63) is 29.3 Å². The van der Waals surface area contributed by atoms with Gasteiger partial charge in [-0.1, -0.05) is 19.8 Å². The fraction of sp³-hybridized carbons (Fsp3) is 0.417. The van der Waals surface area contributed by atoms with Gasteiger partial charge >= 0.3 is 0 Å². The third-order valence-electron chi connectivity index (χ3n) is 2.15. The van der Waals surface area contributed by atoms with E-state index < -0.39 is 17.4 Å². The molecule has 0 atom stereocenters. The highest BCUT2D eigenvalue weighted by Crippen LogP contribution is 2.23. The monoisotopic (exact) mass is 228 g/mol. The smallest absolute Gasteiger partial charge is 0.190 e. The van der Waals surface area contributed by atoms with Crippen molar-refractivity contribution >= 4 is 6.29 Å². The Morgan fingerprint density at radius 2 is 1.88 bits per heavy atom. The van der Waals surface area contributed by atoms with Crippen molar-refractivity contribution < 1.29 is 18.3 Å². The number of hydrogen-bond acceptors (Lipinski definition) is 2. The van der Waals surface area contributed by atoms with Gasteiger partial charge in [-0.3, -0.25) is 4.79 Å². The number of aldehydes is 1. The molecule has 0 saturated carbocycles. The first-order chi connectivity index (χ1) is 7.69. The molecule has 2 nitrogen and oxygen atoms in total. The van der Waals surface area contributed by atoms with Gasteiger partial charge in [0.25, 0.3) is 0 Å². The molecule has 4 heteroatoms. The number of hydrogen-bond donors (Lipinski definition) is 0. The van der Waals surface area contributed by atoms with E-state index in [4.69, 9.17) is 4.74 Å². The summed E-state index contributed by atoms with van der Waals surface area (Å²) < 4.78 is 31.6. The average molecular weight is 228 g/mol. The summed E-state index contributed by atoms with van der Waals surface area (Å²) in [4.78, 5) is 10.3. The van der Waals surface area contributed by atoms with Gasteiger partial charge in [0.15, 0.2) is 17.4 Å². The Hall–Kier alpha value is -1.45. The molecule has 0 aliphatic rings. The SMILES string of the molecule is CCCCCOc1c(F)cc(C=O)cc1F. The van der Waals surface area contributed by atoms with Crippen molar-refractivity contribution in [1.82, 2.24) is 0 Å². The second-order valence-electron chi connectivity index (χ2n) is 3.49. The Bertz CT molecular complexity index is 341. The van der Waals surface area contributed by atoms with Crippen molar-refractivity contribution in [3.8, 4) is 5.75 Å². The Labute approximate surface area is 93.2 Å². The molecule has 0 bridgehead atoms. The molecule has 1 aromatic rings. The summed E-state index contributed by atoms with van der Waals surface area (Å²) in [7, 11) is 0. The van der Waals surface area contributed by atoms with Crippen LogP contribution in [0.3, 0.4) is 0 Å². The quantitative estimate of drug-likeness (QED) is 0.551. The Balaban J connectivity index is 2.69. The number of carbonyl (C=O) groups is 1. The van der Waals surface area contributed by atoms with Gasteiger partial charge in [-0.05, 0) is 18.6 Å². The van der Waals surface area contributed by atoms with Crippen LogP contribution in [0, 0.1) is 11.6 Å². The largest absolute Gasteiger partial charge is 0.488 e. The molecule has 0 spiro atoms. The molecular formula is C12H14F2O2. The average Bonchev–Trinajstić information content (AvgIpc) is 2.26. The van der Waals surface area contributed by atoms with Crippen LogP contribution in [-0.2, 0) is 0 Å². The van der Waals surface area contributed by atoms with E-state index in [1.807, 2.05) is 6.92 Å². The van der Waals surface area contributed by atoms with Crippen molar-refractivity contribution in [3.63, 3.8) is 0 Å². The van der Waals surface area contributed by atoms with Crippen molar-refractivity contribution in [2.24, 2.45) is 0 Å². The summed E-state index contributed by atoms with van der Waals surface area (Å²) in [5, 5.41) is 0. The number of benzene rings is 1. The number of halogens is 2. The maximum atomic E-state index is 13.3. The van der Waals surface area contributed by atoms with Gasteiger partial charge in [-0.25, -0.2) is 8.78 Å². The number of unbranched alkanes of at least 4 members (excludes halogenated alkanes) is 2. The first-order valence-electron chi connectivity index (χ1n) is 5.26. The molecule has 0 N–H and O–H groups in total. The molecule has 0 aliphatic carbocycles. The van der Waals surface area contributed by atoms with Crippen LogP contribution in [0.4, 0.5) is 8.78 Å². The zero-order chi connectivity index (χ0) is 12.0. The summed E-state index contributed by atoms with van der Waals surface area (Å²) in [5.74, 6) is -2.07. The summed E-state index contributed by atoms with van der Waals surface area (Å²) in [6.45, 7) is 2.31. The van der Waals surface area contributed by atoms with Crippen LogP contribution in [0.2, 0.25) is 0 Å². The van der Waals surface area contributed by atoms with Gasteiger partial charge in [0.05, 0.1) is 6.61 Å². The predicted octanol–water partition coefficient (Wildman–Crippen LogP) is 3.35. The van der Waals surface area contributed by atoms with Crippen LogP contribution in [0.1, 0.15) is 36.5 Å². The van der Waals surface area contributed by atoms with Gasteiger partial charge < -0.3 is 4.74 Å². The van der Waals surface area contributed by atoms with E-state index >= 15 is 0 Å². The lowest BCUT2D eigenvalue weighted by molar-refractivity contribution is 0.112. The van der Waals surface area contributed by atoms with E-state index in [2.05, 4.69) is 0 Å². The van der Waals surface area contributed by atoms with Crippen molar-refractivity contribution in [1.29, 1.82) is 0 Å². The van der Waals surface area contributed by atoms with Crippen LogP contribution in [0.15, 0.2) is 12.1 Å². The van der Waals surface area contributed by atoms with E-state index in [0.717, 1.165) is 31.4 Å². The summed E-state index contributed by atoms with van der Waals surface area (Å²) in [5.41, 5.74) is -0.0316. The third-order valence-corrected chi connectivity index (χ3v) is 2.15. The summed E-state index contributed by atoms with van der Waals surface area (Å²) in [6.07, 6.45) is 3.12. The molecule has 0 amide bonds. The molecule has 0 fully saturated rings. The highest BCUT2D eigenvalue weighted by molar-refractivity contribution is 5.75. The Kier molecular flexibility index (Phi) is 4.89. The first-order valence-corrected chi connectivity index (χ1v) is 5.26. The molecule has 0 aromatic heterocycles. The predicted molar refractivity (Wildman–Crippen MR) is 56.8 cm³/mol. The van der Waals surface area contributed by atoms with Crippen LogP contribution in [-0.4, -0.2) is 12.9 Å². The Morgan fingerprint density at radius 3 is 2.38 bits per heavy atom. The zero-order valence-corrected chi connectivity index (χ0v) is 9.13. The van der Waals surface area contributed by atoms with Gasteiger partial charge in [0, 0.05) is 5.56 Å². The van der Waals surface area contributed by atoms with E-state index in [0.29, 0.717) is 6.29 Å². The molecule has 1 rings (SSSR count). The minimum absolute atomic E-state index is 0.0316. The van der Waals surface area contributed by atoms with Crippen LogP contribution in [0.25, 0.3) is 0 Å². The van der Waals surface area contributed by atoms with E-state index in [-0.39, 0.29) is 12.2 Å². The standard InChI is InChI=1S/C12H14F2O2/c1-2-3-4-5-16-12-10(13)6-9(8-15)7-11(12)14/h6-8H,2-5H2,1H3. The van der Waals surface area contributed by atoms with Gasteiger partial charge in [-0.15, -0.1) is 0 Å². The van der Waals surface area contributed by atoms with Crippen LogP contribution >= 0.6 is 0 Å². The third kappa shape index (κ3) is 3.29. The maximum absolute atomic E-state index is 13.3. The molecule has 0 saturated heterocycles. The maximum Gasteiger partial charge on any atom is 0.190 e. The van der Waals surface area contributed by atoms with Crippen LogP contribution < -0.4 is 4.74 Å². The van der Waals surface area contributed by atoms with E-state index in [1.165, 1.54) is 0 Å². The normalized spacial score (nSPS) is 10.2. The molecule has 0 heterocycles. The zero-order valence-electron chi connectivity index (χ0n) is 9.13. The molecule has 0 radical (unpaired) electrons. The molecule has 0 unspecified atom stereocenters. The number of rotatable bonds is 6. The van der Waals surface area contributed by atoms with Gasteiger partial charge in [0.2, 0.25) is 0 Å². The van der Waals surface area contributed by atoms with Gasteiger partial charge in [-0.2, -0.15) is 0 Å². The number of carbonyl (C=O) groups excluding carboxylic acids is 1. The van der Waals surface area contributed by atoms with Crippen LogP contribution in [0.5, 0.6) is 5.75 Å². The minimum atomic E-state index is -0.835. The molecule has 1 aromatic carbocycles. The topological polar surface area (TPSA) is 26.3 Å². The van der Waals surface area contributed by atoms with E-state index in [1.54, 1.807) is 0 Å². The van der Waals surface area contributed by atoms with Crippen molar-refractivity contribution in [2.75, 3.05) is 6.61 Å². The van der Waals surface area contributed by atoms with Crippen molar-refractivity contribution in [2.45, 2.75) is 26.2 Å². The lowest BCUT2D eigenvalue weighted by atomic mass is 10.2. The van der Waals surface area contributed by atoms with E-state index in [9.17, 15) is 13.6 Å². The van der Waals surface area contributed by atoms with Gasteiger partial charge in [0.1, 0.15) is 6.29 Å². The lowest BCUT2D eigenvalue weighted by Gasteiger charge is -2.08. The summed E-state index contributed by atoms with van der Waals surface area (Å²) >= 11 is 0. The summed E-state index contributed by atoms with van der Waals surface area (Å²) in [6, 6.07) is 1.93. The first kappa shape index (κ1) is 12.6. The molecule has 88 valence electrons. The second-order valence-corrected chi connectivity index (χ2v) is 3.49. The highest BCUT2D eigenvalue weighted by atomic mass is 19.1. The highest BCUT2D eigenvalue weighted by Gasteiger charge is 2.12. The molecule has 16 heavy (non-hydrogen) atoms. The Morgan fingerprint density at radius 1 is 1.25 bits per heavy atom.